The molecule has 6 heteroatoms. The molecular weight excluding hydrogens is 410 g/mol. The lowest BCUT2D eigenvalue weighted by molar-refractivity contribution is 0.100. The molecule has 1 amide bonds. The third-order valence-electron chi connectivity index (χ3n) is 5.10. The van der Waals surface area contributed by atoms with Crippen LogP contribution in [0.15, 0.2) is 70.5 Å². The summed E-state index contributed by atoms with van der Waals surface area (Å²) in [6, 6.07) is 20.0. The first-order valence-corrected chi connectivity index (χ1v) is 11.5. The van der Waals surface area contributed by atoms with E-state index in [9.17, 15) is 4.79 Å². The van der Waals surface area contributed by atoms with E-state index in [1.807, 2.05) is 60.7 Å². The zero-order valence-corrected chi connectivity index (χ0v) is 18.4. The van der Waals surface area contributed by atoms with Gasteiger partial charge < -0.3 is 5.73 Å². The quantitative estimate of drug-likeness (QED) is 0.401. The predicted molar refractivity (Wildman–Crippen MR) is 126 cm³/mol. The Bertz CT molecular complexity index is 1230. The van der Waals surface area contributed by atoms with Crippen molar-refractivity contribution in [1.82, 2.24) is 4.98 Å². The second-order valence-electron chi connectivity index (χ2n) is 7.78. The van der Waals surface area contributed by atoms with E-state index >= 15 is 0 Å². The Morgan fingerprint density at radius 2 is 1.63 bits per heavy atom. The molecule has 2 N–H and O–H groups in total. The van der Waals surface area contributed by atoms with Gasteiger partial charge in [-0.05, 0) is 48.7 Å². The van der Waals surface area contributed by atoms with Crippen LogP contribution in [0.1, 0.15) is 29.2 Å². The second-order valence-corrected chi connectivity index (χ2v) is 9.86. The van der Waals surface area contributed by atoms with E-state index in [2.05, 4.69) is 13.8 Å². The summed E-state index contributed by atoms with van der Waals surface area (Å²) < 4.78 is 0. The van der Waals surface area contributed by atoms with E-state index < -0.39 is 0 Å². The van der Waals surface area contributed by atoms with Crippen molar-refractivity contribution in [2.24, 2.45) is 5.92 Å². The lowest BCUT2D eigenvalue weighted by atomic mass is 10.1. The summed E-state index contributed by atoms with van der Waals surface area (Å²) in [5, 5.41) is 0.851. The summed E-state index contributed by atoms with van der Waals surface area (Å²) in [6.07, 6.45) is 0.904. The van der Waals surface area contributed by atoms with Crippen molar-refractivity contribution in [1.29, 1.82) is 0 Å². The monoisotopic (exact) mass is 431 g/mol. The van der Waals surface area contributed by atoms with Crippen LogP contribution in [0, 0.1) is 5.92 Å². The topological polar surface area (TPSA) is 59.2 Å². The Balaban J connectivity index is 1.63. The Morgan fingerprint density at radius 1 is 1.00 bits per heavy atom. The van der Waals surface area contributed by atoms with Gasteiger partial charge in [-0.3, -0.25) is 9.69 Å². The first-order valence-electron chi connectivity index (χ1n) is 9.91. The van der Waals surface area contributed by atoms with Crippen LogP contribution in [0.4, 0.5) is 17.1 Å². The number of carbonyl (C=O) groups excluding carboxylic acids is 1. The minimum Gasteiger partial charge on any atom is -0.397 e. The van der Waals surface area contributed by atoms with E-state index in [4.69, 9.17) is 10.7 Å². The Labute approximate surface area is 183 Å². The first-order chi connectivity index (χ1) is 14.5. The van der Waals surface area contributed by atoms with E-state index in [0.717, 1.165) is 43.5 Å². The molecular formula is C24H21N3OS2. The molecule has 0 atom stereocenters. The van der Waals surface area contributed by atoms with Gasteiger partial charge in [0.05, 0.1) is 17.1 Å². The maximum atomic E-state index is 13.8. The number of rotatable bonds is 3. The van der Waals surface area contributed by atoms with Gasteiger partial charge in [0.15, 0.2) is 0 Å². The van der Waals surface area contributed by atoms with Crippen molar-refractivity contribution >= 4 is 56.3 Å². The number of pyridine rings is 1. The average molecular weight is 432 g/mol. The van der Waals surface area contributed by atoms with Crippen LogP contribution < -0.4 is 10.6 Å². The SMILES string of the molecule is CC(C)Cc1ccc2c(N)c(C(=O)N3c4ccccc4Sc4ccccc43)sc2n1. The van der Waals surface area contributed by atoms with Gasteiger partial charge in [-0.25, -0.2) is 4.98 Å². The number of nitrogens with two attached hydrogens (primary N) is 1. The molecule has 3 heterocycles. The number of anilines is 3. The van der Waals surface area contributed by atoms with Gasteiger partial charge in [-0.1, -0.05) is 49.9 Å². The van der Waals surface area contributed by atoms with Crippen LogP contribution in [-0.2, 0) is 6.42 Å². The first kappa shape index (κ1) is 19.2. The molecule has 1 aliphatic heterocycles. The number of nitrogens with zero attached hydrogens (tertiary/aromatic N) is 2. The van der Waals surface area contributed by atoms with Gasteiger partial charge in [-0.15, -0.1) is 11.3 Å². The summed E-state index contributed by atoms with van der Waals surface area (Å²) >= 11 is 3.06. The molecule has 1 aliphatic rings. The van der Waals surface area contributed by atoms with Crippen molar-refractivity contribution in [3.05, 3.63) is 71.2 Å². The molecule has 0 spiro atoms. The molecule has 0 fully saturated rings. The zero-order chi connectivity index (χ0) is 20.8. The molecule has 0 unspecified atom stereocenters. The highest BCUT2D eigenvalue weighted by Crippen LogP contribution is 2.49. The molecule has 30 heavy (non-hydrogen) atoms. The molecule has 4 nitrogen and oxygen atoms in total. The number of amides is 1. The van der Waals surface area contributed by atoms with E-state index in [1.54, 1.807) is 16.7 Å². The highest BCUT2D eigenvalue weighted by molar-refractivity contribution is 7.99. The number of aromatic nitrogens is 1. The van der Waals surface area contributed by atoms with E-state index in [1.165, 1.54) is 11.3 Å². The van der Waals surface area contributed by atoms with Gasteiger partial charge in [0.2, 0.25) is 0 Å². The fraction of sp³-hybridized carbons (Fsp3) is 0.167. The molecule has 0 radical (unpaired) electrons. The van der Waals surface area contributed by atoms with Crippen molar-refractivity contribution in [2.45, 2.75) is 30.1 Å². The van der Waals surface area contributed by atoms with Gasteiger partial charge >= 0.3 is 0 Å². The number of para-hydroxylation sites is 2. The summed E-state index contributed by atoms with van der Waals surface area (Å²) in [7, 11) is 0. The van der Waals surface area contributed by atoms with Crippen LogP contribution in [-0.4, -0.2) is 10.9 Å². The molecule has 0 aliphatic carbocycles. The minimum absolute atomic E-state index is 0.110. The van der Waals surface area contributed by atoms with E-state index in [-0.39, 0.29) is 5.91 Å². The summed E-state index contributed by atoms with van der Waals surface area (Å²) in [6.45, 7) is 4.35. The maximum absolute atomic E-state index is 13.8. The van der Waals surface area contributed by atoms with Gasteiger partial charge in [0.1, 0.15) is 9.71 Å². The van der Waals surface area contributed by atoms with Crippen molar-refractivity contribution in [3.8, 4) is 0 Å². The number of benzene rings is 2. The van der Waals surface area contributed by atoms with Crippen LogP contribution in [0.2, 0.25) is 0 Å². The third-order valence-corrected chi connectivity index (χ3v) is 7.33. The Morgan fingerprint density at radius 3 is 2.27 bits per heavy atom. The number of hydrogen-bond acceptors (Lipinski definition) is 5. The summed E-state index contributed by atoms with van der Waals surface area (Å²) in [5.41, 5.74) is 9.77. The number of fused-ring (bicyclic) bond motifs is 3. The molecule has 0 saturated carbocycles. The minimum atomic E-state index is -0.110. The lowest BCUT2D eigenvalue weighted by Gasteiger charge is -2.30. The van der Waals surface area contributed by atoms with Crippen LogP contribution in [0.25, 0.3) is 10.2 Å². The molecule has 4 aromatic rings. The summed E-state index contributed by atoms with van der Waals surface area (Å²) in [5.74, 6) is 0.410. The van der Waals surface area contributed by atoms with Gasteiger partial charge in [0, 0.05) is 20.9 Å². The third kappa shape index (κ3) is 3.16. The smallest absolute Gasteiger partial charge is 0.275 e. The standard InChI is InChI=1S/C24H21N3OS2/c1-14(2)13-15-11-12-16-21(25)22(30-23(16)26-15)24(28)27-17-7-3-5-9-19(17)29-20-10-6-4-8-18(20)27/h3-12,14H,13,25H2,1-2H3. The van der Waals surface area contributed by atoms with Crippen molar-refractivity contribution < 1.29 is 4.79 Å². The molecule has 0 saturated heterocycles. The number of carbonyl (C=O) groups is 1. The number of thiophene rings is 1. The Kier molecular flexibility index (Phi) is 4.76. The highest BCUT2D eigenvalue weighted by Gasteiger charge is 2.31. The van der Waals surface area contributed by atoms with Gasteiger partial charge in [0.25, 0.3) is 5.91 Å². The number of hydrogen-bond donors (Lipinski definition) is 1. The normalized spacial score (nSPS) is 12.8. The van der Waals surface area contributed by atoms with Crippen molar-refractivity contribution in [2.75, 3.05) is 10.6 Å². The lowest BCUT2D eigenvalue weighted by Crippen LogP contribution is -2.28. The van der Waals surface area contributed by atoms with Crippen LogP contribution in [0.5, 0.6) is 0 Å². The fourth-order valence-corrected chi connectivity index (χ4v) is 5.85. The van der Waals surface area contributed by atoms with Crippen LogP contribution in [0.3, 0.4) is 0 Å². The summed E-state index contributed by atoms with van der Waals surface area (Å²) in [4.78, 5) is 23.8. The average Bonchev–Trinajstić information content (AvgIpc) is 3.07. The largest absolute Gasteiger partial charge is 0.397 e. The van der Waals surface area contributed by atoms with Gasteiger partial charge in [-0.2, -0.15) is 0 Å². The zero-order valence-electron chi connectivity index (χ0n) is 16.8. The second kappa shape index (κ2) is 7.45. The fourth-order valence-electron chi connectivity index (χ4n) is 3.75. The molecule has 5 rings (SSSR count). The maximum Gasteiger partial charge on any atom is 0.275 e. The predicted octanol–water partition coefficient (Wildman–Crippen LogP) is 6.52. The Hall–Kier alpha value is -2.83. The molecule has 2 aromatic carbocycles. The molecule has 150 valence electrons. The highest BCUT2D eigenvalue weighted by atomic mass is 32.2. The van der Waals surface area contributed by atoms with Crippen LogP contribution >= 0.6 is 23.1 Å². The van der Waals surface area contributed by atoms with E-state index in [0.29, 0.717) is 16.5 Å². The molecule has 0 bridgehead atoms. The van der Waals surface area contributed by atoms with Crippen molar-refractivity contribution in [3.63, 3.8) is 0 Å². The number of nitrogen functional groups attached to an aromatic ring is 1. The molecule has 2 aromatic heterocycles.